The van der Waals surface area contributed by atoms with Crippen LogP contribution in [0.2, 0.25) is 0 Å². The van der Waals surface area contributed by atoms with Gasteiger partial charge in [0.25, 0.3) is 0 Å². The Hall–Kier alpha value is -3.09. The highest BCUT2D eigenvalue weighted by atomic mass is 19.1. The second kappa shape index (κ2) is 6.67. The van der Waals surface area contributed by atoms with Gasteiger partial charge in [0.15, 0.2) is 0 Å². The van der Waals surface area contributed by atoms with Gasteiger partial charge in [-0.25, -0.2) is 8.78 Å². The topological polar surface area (TPSA) is 59.2 Å². The average molecular weight is 355 g/mol. The molecule has 0 spiro atoms. The van der Waals surface area contributed by atoms with Crippen LogP contribution in [-0.2, 0) is 11.3 Å². The molecule has 1 amide bonds. The molecule has 1 unspecified atom stereocenters. The Morgan fingerprint density at radius 1 is 1.12 bits per heavy atom. The van der Waals surface area contributed by atoms with Crippen molar-refractivity contribution in [1.29, 1.82) is 0 Å². The van der Waals surface area contributed by atoms with E-state index < -0.39 is 0 Å². The van der Waals surface area contributed by atoms with Crippen molar-refractivity contribution in [2.45, 2.75) is 25.4 Å². The van der Waals surface area contributed by atoms with Crippen LogP contribution >= 0.6 is 0 Å². The van der Waals surface area contributed by atoms with Crippen LogP contribution in [0.25, 0.3) is 11.4 Å². The molecule has 0 N–H and O–H groups in total. The van der Waals surface area contributed by atoms with Crippen molar-refractivity contribution in [1.82, 2.24) is 15.0 Å². The second-order valence-electron chi connectivity index (χ2n) is 6.17. The maximum Gasteiger partial charge on any atom is 0.249 e. The molecular weight excluding hydrogens is 340 g/mol. The lowest BCUT2D eigenvalue weighted by Crippen LogP contribution is -2.27. The van der Waals surface area contributed by atoms with E-state index in [-0.39, 0.29) is 29.4 Å². The number of benzene rings is 2. The summed E-state index contributed by atoms with van der Waals surface area (Å²) in [5, 5.41) is 3.91. The summed E-state index contributed by atoms with van der Waals surface area (Å²) in [6, 6.07) is 11.6. The Kier molecular flexibility index (Phi) is 4.20. The van der Waals surface area contributed by atoms with E-state index in [1.807, 2.05) is 0 Å². The summed E-state index contributed by atoms with van der Waals surface area (Å²) in [5.74, 6) is -0.139. The smallest absolute Gasteiger partial charge is 0.249 e. The van der Waals surface area contributed by atoms with E-state index in [0.29, 0.717) is 30.8 Å². The number of amides is 1. The third kappa shape index (κ3) is 3.20. The molecule has 3 aromatic rings. The van der Waals surface area contributed by atoms with Gasteiger partial charge in [0.05, 0.1) is 0 Å². The van der Waals surface area contributed by atoms with Gasteiger partial charge in [-0.3, -0.25) is 4.79 Å². The fourth-order valence-corrected chi connectivity index (χ4v) is 3.09. The first-order chi connectivity index (χ1) is 12.6. The summed E-state index contributed by atoms with van der Waals surface area (Å²) in [7, 11) is 0. The Morgan fingerprint density at radius 2 is 1.92 bits per heavy atom. The third-order valence-electron chi connectivity index (χ3n) is 4.40. The van der Waals surface area contributed by atoms with Gasteiger partial charge in [-0.15, -0.1) is 0 Å². The van der Waals surface area contributed by atoms with Crippen molar-refractivity contribution >= 4 is 5.91 Å². The number of hydrogen-bond donors (Lipinski definition) is 0. The molecule has 0 saturated carbocycles. The lowest BCUT2D eigenvalue weighted by Gasteiger charge is -2.22. The molecule has 4 rings (SSSR count). The molecule has 1 saturated heterocycles. The molecule has 2 aromatic carbocycles. The zero-order valence-corrected chi connectivity index (χ0v) is 13.7. The zero-order chi connectivity index (χ0) is 18.1. The molecule has 1 fully saturated rings. The zero-order valence-electron chi connectivity index (χ0n) is 13.7. The van der Waals surface area contributed by atoms with Gasteiger partial charge in [-0.05, 0) is 36.2 Å². The number of aromatic nitrogens is 2. The number of hydrogen-bond acceptors (Lipinski definition) is 4. The molecule has 7 heteroatoms. The molecule has 26 heavy (non-hydrogen) atoms. The summed E-state index contributed by atoms with van der Waals surface area (Å²) in [6.07, 6.45) is 0.939. The van der Waals surface area contributed by atoms with E-state index in [1.165, 1.54) is 24.3 Å². The van der Waals surface area contributed by atoms with E-state index in [9.17, 15) is 13.6 Å². The van der Waals surface area contributed by atoms with Gasteiger partial charge >= 0.3 is 0 Å². The predicted molar refractivity (Wildman–Crippen MR) is 88.6 cm³/mol. The van der Waals surface area contributed by atoms with E-state index in [0.717, 1.165) is 5.56 Å². The highest BCUT2D eigenvalue weighted by Crippen LogP contribution is 2.34. The van der Waals surface area contributed by atoms with Gasteiger partial charge in [0.2, 0.25) is 17.6 Å². The van der Waals surface area contributed by atoms with Crippen LogP contribution in [-0.4, -0.2) is 20.9 Å². The minimum atomic E-state index is -0.386. The van der Waals surface area contributed by atoms with Gasteiger partial charge in [0.1, 0.15) is 17.7 Å². The summed E-state index contributed by atoms with van der Waals surface area (Å²) in [5.41, 5.74) is 1.32. The minimum Gasteiger partial charge on any atom is -0.337 e. The van der Waals surface area contributed by atoms with Crippen LogP contribution in [0, 0.1) is 11.6 Å². The van der Waals surface area contributed by atoms with Gasteiger partial charge in [-0.2, -0.15) is 4.98 Å². The van der Waals surface area contributed by atoms with E-state index in [4.69, 9.17) is 4.52 Å². The molecule has 1 aliphatic heterocycles. The van der Waals surface area contributed by atoms with Crippen LogP contribution in [0.3, 0.4) is 0 Å². The monoisotopic (exact) mass is 355 g/mol. The van der Waals surface area contributed by atoms with Crippen molar-refractivity contribution in [3.05, 3.63) is 71.6 Å². The van der Waals surface area contributed by atoms with Crippen LogP contribution in [0.5, 0.6) is 0 Å². The van der Waals surface area contributed by atoms with E-state index >= 15 is 0 Å². The highest BCUT2D eigenvalue weighted by molar-refractivity contribution is 5.78. The molecule has 132 valence electrons. The fourth-order valence-electron chi connectivity index (χ4n) is 3.09. The van der Waals surface area contributed by atoms with Crippen molar-refractivity contribution in [2.24, 2.45) is 0 Å². The number of halogens is 2. The minimum absolute atomic E-state index is 0.0233. The predicted octanol–water partition coefficient (Wildman–Crippen LogP) is 3.88. The quantitative estimate of drug-likeness (QED) is 0.713. The molecule has 0 aliphatic carbocycles. The molecule has 0 bridgehead atoms. The fraction of sp³-hybridized carbons (Fsp3) is 0.211. The Labute approximate surface area is 148 Å². The lowest BCUT2D eigenvalue weighted by atomic mass is 10.1. The number of carbonyl (C=O) groups is 1. The van der Waals surface area contributed by atoms with Crippen molar-refractivity contribution in [2.75, 3.05) is 0 Å². The number of likely N-dealkylation sites (tertiary alicyclic amines) is 1. The molecule has 1 atom stereocenters. The summed E-state index contributed by atoms with van der Waals surface area (Å²) < 4.78 is 31.8. The first-order valence-corrected chi connectivity index (χ1v) is 8.23. The largest absolute Gasteiger partial charge is 0.337 e. The number of carbonyl (C=O) groups excluding carboxylic acids is 1. The van der Waals surface area contributed by atoms with Crippen molar-refractivity contribution in [3.63, 3.8) is 0 Å². The Bertz CT molecular complexity index is 940. The summed E-state index contributed by atoms with van der Waals surface area (Å²) in [6.45, 7) is 0.335. The van der Waals surface area contributed by atoms with Crippen molar-refractivity contribution in [3.8, 4) is 11.4 Å². The second-order valence-corrected chi connectivity index (χ2v) is 6.17. The SMILES string of the molecule is O=C1CCC(c2nc(-c3cccc(F)c3)no2)N1Cc1ccc(F)cc1. The highest BCUT2D eigenvalue weighted by Gasteiger charge is 2.36. The van der Waals surface area contributed by atoms with Gasteiger partial charge in [-0.1, -0.05) is 29.4 Å². The van der Waals surface area contributed by atoms with Gasteiger partial charge in [0, 0.05) is 18.5 Å². The number of rotatable bonds is 4. The number of nitrogens with zero attached hydrogens (tertiary/aromatic N) is 3. The maximum absolute atomic E-state index is 13.4. The first-order valence-electron chi connectivity index (χ1n) is 8.23. The van der Waals surface area contributed by atoms with Crippen LogP contribution < -0.4 is 0 Å². The van der Waals surface area contributed by atoms with Gasteiger partial charge < -0.3 is 9.42 Å². The van der Waals surface area contributed by atoms with E-state index in [2.05, 4.69) is 10.1 Å². The molecule has 5 nitrogen and oxygen atoms in total. The normalized spacial score (nSPS) is 17.1. The van der Waals surface area contributed by atoms with Crippen molar-refractivity contribution < 1.29 is 18.1 Å². The molecule has 2 heterocycles. The third-order valence-corrected chi connectivity index (χ3v) is 4.40. The van der Waals surface area contributed by atoms with Crippen LogP contribution in [0.4, 0.5) is 8.78 Å². The summed E-state index contributed by atoms with van der Waals surface area (Å²) >= 11 is 0. The first kappa shape index (κ1) is 16.4. The molecule has 1 aliphatic rings. The standard InChI is InChI=1S/C19H15F2N3O2/c20-14-6-4-12(5-7-14)11-24-16(8-9-17(24)25)19-22-18(23-26-19)13-2-1-3-15(21)10-13/h1-7,10,16H,8-9,11H2. The van der Waals surface area contributed by atoms with Crippen LogP contribution in [0.1, 0.15) is 30.3 Å². The Balaban J connectivity index is 1.58. The maximum atomic E-state index is 13.4. The average Bonchev–Trinajstić information content (AvgIpc) is 3.25. The lowest BCUT2D eigenvalue weighted by molar-refractivity contribution is -0.129. The molecule has 0 radical (unpaired) electrons. The molecular formula is C19H15F2N3O2. The molecule has 1 aromatic heterocycles. The summed E-state index contributed by atoms with van der Waals surface area (Å²) in [4.78, 5) is 18.3. The van der Waals surface area contributed by atoms with E-state index in [1.54, 1.807) is 29.2 Å². The van der Waals surface area contributed by atoms with Crippen LogP contribution in [0.15, 0.2) is 53.1 Å². The Morgan fingerprint density at radius 3 is 2.69 bits per heavy atom.